The molecule has 0 saturated carbocycles. The second-order valence-corrected chi connectivity index (χ2v) is 7.34. The largest absolute Gasteiger partial charge is 0.463 e. The lowest BCUT2D eigenvalue weighted by molar-refractivity contribution is -0.305. The molecule has 1 rings (SSSR count). The van der Waals surface area contributed by atoms with Gasteiger partial charge >= 0.3 is 42.2 Å². The molecule has 9 nitrogen and oxygen atoms in total. The quantitative estimate of drug-likeness (QED) is 0.234. The van der Waals surface area contributed by atoms with Gasteiger partial charge in [-0.25, -0.2) is 14.4 Å². The number of ether oxygens (including phenoxy) is 3. The van der Waals surface area contributed by atoms with Crippen LogP contribution in [-0.4, -0.2) is 67.2 Å². The van der Waals surface area contributed by atoms with Crippen LogP contribution in [0.4, 0.5) is 50.0 Å². The highest BCUT2D eigenvalue weighted by atomic mass is 19.4. The Labute approximate surface area is 208 Å². The van der Waals surface area contributed by atoms with Crippen LogP contribution in [0.1, 0.15) is 25.0 Å². The smallest absolute Gasteiger partial charge is 0.448 e. The van der Waals surface area contributed by atoms with Gasteiger partial charge in [0.25, 0.3) is 5.60 Å². The van der Waals surface area contributed by atoms with Gasteiger partial charge in [-0.2, -0.15) is 39.5 Å². The summed E-state index contributed by atoms with van der Waals surface area (Å²) in [7, 11) is 0. The summed E-state index contributed by atoms with van der Waals surface area (Å²) < 4.78 is 132. The van der Waals surface area contributed by atoms with Gasteiger partial charge in [0.1, 0.15) is 6.61 Å². The fourth-order valence-corrected chi connectivity index (χ4v) is 2.81. The van der Waals surface area contributed by atoms with Crippen molar-refractivity contribution >= 4 is 23.7 Å². The predicted octanol–water partition coefficient (Wildman–Crippen LogP) is 3.83. The van der Waals surface area contributed by atoms with E-state index in [0.29, 0.717) is 18.2 Å². The molecule has 0 bridgehead atoms. The fraction of sp³-hybridized carbons (Fsp3) is 0.550. The number of aryl methyl sites for hydroxylation is 1. The van der Waals surface area contributed by atoms with Crippen LogP contribution >= 0.6 is 0 Å². The van der Waals surface area contributed by atoms with Gasteiger partial charge in [0.15, 0.2) is 0 Å². The summed E-state index contributed by atoms with van der Waals surface area (Å²) in [5.74, 6) is -4.53. The molecule has 1 aromatic rings. The summed E-state index contributed by atoms with van der Waals surface area (Å²) in [6.45, 7) is -0.730. The molecule has 0 aliphatic heterocycles. The van der Waals surface area contributed by atoms with Gasteiger partial charge in [-0.05, 0) is 32.4 Å². The predicted molar refractivity (Wildman–Crippen MR) is 107 cm³/mol. The molecule has 0 radical (unpaired) electrons. The summed E-state index contributed by atoms with van der Waals surface area (Å²) in [6.07, 6.45) is -16.9. The SMILES string of the molecule is CCOC(=O)[C@](NC(=O)Nc1ccc([C@](O)(C(=O)OCC)C(F)(F)F)cc1C)(OCC(F)(F)F)C(F)(F)F. The minimum absolute atomic E-state index is 0.366. The molecule has 18 heteroatoms. The summed E-state index contributed by atoms with van der Waals surface area (Å²) in [5.41, 5.74) is -10.8. The van der Waals surface area contributed by atoms with Crippen molar-refractivity contribution < 1.29 is 73.2 Å². The Balaban J connectivity index is 3.40. The molecule has 38 heavy (non-hydrogen) atoms. The highest BCUT2D eigenvalue weighted by Gasteiger charge is 2.66. The van der Waals surface area contributed by atoms with E-state index in [-0.39, 0.29) is 5.56 Å². The van der Waals surface area contributed by atoms with Crippen molar-refractivity contribution in [1.29, 1.82) is 0 Å². The molecule has 0 aliphatic carbocycles. The van der Waals surface area contributed by atoms with Crippen LogP contribution in [0, 0.1) is 6.92 Å². The van der Waals surface area contributed by atoms with Crippen LogP contribution in [-0.2, 0) is 29.4 Å². The molecular weight excluding hydrogens is 551 g/mol. The number of urea groups is 1. The topological polar surface area (TPSA) is 123 Å². The molecule has 2 atom stereocenters. The van der Waals surface area contributed by atoms with E-state index in [1.807, 2.05) is 0 Å². The van der Waals surface area contributed by atoms with Crippen LogP contribution in [0.3, 0.4) is 0 Å². The number of rotatable bonds is 9. The van der Waals surface area contributed by atoms with E-state index in [0.717, 1.165) is 19.2 Å². The number of alkyl halides is 9. The number of aliphatic hydroxyl groups is 1. The van der Waals surface area contributed by atoms with Crippen molar-refractivity contribution in [2.45, 2.75) is 50.6 Å². The number of carbonyl (C=O) groups is 3. The Morgan fingerprint density at radius 2 is 1.39 bits per heavy atom. The maximum atomic E-state index is 13.7. The van der Waals surface area contributed by atoms with Gasteiger partial charge in [-0.3, -0.25) is 5.32 Å². The van der Waals surface area contributed by atoms with E-state index >= 15 is 0 Å². The Morgan fingerprint density at radius 3 is 1.82 bits per heavy atom. The molecule has 2 amide bonds. The summed E-state index contributed by atoms with van der Waals surface area (Å²) in [5, 5.41) is 12.7. The van der Waals surface area contributed by atoms with Crippen LogP contribution in [0.5, 0.6) is 0 Å². The molecule has 0 fully saturated rings. The average molecular weight is 572 g/mol. The zero-order chi connectivity index (χ0) is 29.7. The number of anilines is 1. The van der Waals surface area contributed by atoms with E-state index in [4.69, 9.17) is 0 Å². The van der Waals surface area contributed by atoms with E-state index in [1.54, 1.807) is 5.32 Å². The third-order valence-electron chi connectivity index (χ3n) is 4.58. The first-order chi connectivity index (χ1) is 17.2. The number of nitrogens with one attached hydrogen (secondary N) is 2. The number of carbonyl (C=O) groups excluding carboxylic acids is 3. The molecule has 0 unspecified atom stereocenters. The molecule has 0 aromatic heterocycles. The lowest BCUT2D eigenvalue weighted by Crippen LogP contribution is -2.67. The lowest BCUT2D eigenvalue weighted by Gasteiger charge is -2.33. The number of esters is 2. The van der Waals surface area contributed by atoms with Crippen LogP contribution in [0.25, 0.3) is 0 Å². The molecule has 0 heterocycles. The third kappa shape index (κ3) is 7.18. The molecule has 3 N–H and O–H groups in total. The number of amides is 2. The third-order valence-corrected chi connectivity index (χ3v) is 4.58. The highest BCUT2D eigenvalue weighted by molar-refractivity contribution is 5.95. The fourth-order valence-electron chi connectivity index (χ4n) is 2.81. The minimum atomic E-state index is -5.98. The van der Waals surface area contributed by atoms with Crippen LogP contribution < -0.4 is 10.6 Å². The number of hydrogen-bond acceptors (Lipinski definition) is 7. The highest BCUT2D eigenvalue weighted by Crippen LogP contribution is 2.41. The Morgan fingerprint density at radius 1 is 0.868 bits per heavy atom. The Kier molecular flexibility index (Phi) is 10.0. The lowest BCUT2D eigenvalue weighted by atomic mass is 9.91. The summed E-state index contributed by atoms with van der Waals surface area (Å²) in [6, 6.07) is -0.320. The van der Waals surface area contributed by atoms with E-state index in [1.165, 1.54) is 6.92 Å². The minimum Gasteiger partial charge on any atom is -0.463 e. The Hall–Kier alpha value is -3.28. The van der Waals surface area contributed by atoms with Gasteiger partial charge in [0, 0.05) is 11.3 Å². The molecule has 0 aliphatic rings. The van der Waals surface area contributed by atoms with Crippen molar-refractivity contribution in [1.82, 2.24) is 5.32 Å². The molecular formula is C20H21F9N2O7. The van der Waals surface area contributed by atoms with Gasteiger partial charge in [0.05, 0.1) is 13.2 Å². The molecule has 216 valence electrons. The first kappa shape index (κ1) is 32.7. The van der Waals surface area contributed by atoms with Crippen LogP contribution in [0.15, 0.2) is 18.2 Å². The van der Waals surface area contributed by atoms with Crippen molar-refractivity contribution in [3.05, 3.63) is 29.3 Å². The van der Waals surface area contributed by atoms with Gasteiger partial charge in [0.2, 0.25) is 0 Å². The molecule has 0 saturated heterocycles. The number of hydrogen-bond donors (Lipinski definition) is 3. The zero-order valence-corrected chi connectivity index (χ0v) is 19.7. The van der Waals surface area contributed by atoms with Crippen LogP contribution in [0.2, 0.25) is 0 Å². The van der Waals surface area contributed by atoms with Gasteiger partial charge in [-0.15, -0.1) is 0 Å². The molecule has 1 aromatic carbocycles. The van der Waals surface area contributed by atoms with E-state index in [9.17, 15) is 59.0 Å². The second kappa shape index (κ2) is 11.6. The van der Waals surface area contributed by atoms with Crippen molar-refractivity contribution in [3.63, 3.8) is 0 Å². The number of halogens is 9. The maximum absolute atomic E-state index is 13.7. The van der Waals surface area contributed by atoms with Gasteiger partial charge < -0.3 is 24.6 Å². The molecule has 0 spiro atoms. The van der Waals surface area contributed by atoms with Gasteiger partial charge in [-0.1, -0.05) is 12.1 Å². The zero-order valence-electron chi connectivity index (χ0n) is 19.7. The first-order valence-electron chi connectivity index (χ1n) is 10.3. The van der Waals surface area contributed by atoms with Crippen molar-refractivity contribution in [3.8, 4) is 0 Å². The standard InChI is InChI=1S/C20H21F9N2O7/c1-4-36-13(32)17(35,19(24,25)26)11-6-7-12(10(3)8-11)30-15(34)31-18(20(27,28)29,14(33)37-5-2)38-9-16(21,22)23/h6-8,35H,4-5,9H2,1-3H3,(H2,30,31,34)/t17-,18-/m0/s1. The van der Waals surface area contributed by atoms with E-state index < -0.39 is 78.9 Å². The summed E-state index contributed by atoms with van der Waals surface area (Å²) in [4.78, 5) is 36.2. The number of benzene rings is 1. The van der Waals surface area contributed by atoms with E-state index in [2.05, 4.69) is 14.2 Å². The average Bonchev–Trinajstić information content (AvgIpc) is 2.75. The second-order valence-electron chi connectivity index (χ2n) is 7.34. The van der Waals surface area contributed by atoms with Crippen molar-refractivity contribution in [2.24, 2.45) is 0 Å². The summed E-state index contributed by atoms with van der Waals surface area (Å²) >= 11 is 0. The van der Waals surface area contributed by atoms with Crippen molar-refractivity contribution in [2.75, 3.05) is 25.1 Å². The first-order valence-corrected chi connectivity index (χ1v) is 10.3. The normalized spacial score (nSPS) is 15.6. The maximum Gasteiger partial charge on any atom is 0.448 e. The Bertz CT molecular complexity index is 1030. The monoisotopic (exact) mass is 572 g/mol.